The van der Waals surface area contributed by atoms with E-state index in [-0.39, 0.29) is 11.9 Å². The summed E-state index contributed by atoms with van der Waals surface area (Å²) in [5.41, 5.74) is 4.78. The van der Waals surface area contributed by atoms with Gasteiger partial charge in [0.05, 0.1) is 17.6 Å². The zero-order valence-electron chi connectivity index (χ0n) is 11.1. The maximum absolute atomic E-state index is 13.3. The minimum absolute atomic E-state index is 0.0981. The van der Waals surface area contributed by atoms with E-state index in [1.807, 2.05) is 24.3 Å². The van der Waals surface area contributed by atoms with Crippen LogP contribution in [0.1, 0.15) is 17.2 Å². The molecule has 0 saturated carbocycles. The first-order valence-corrected chi connectivity index (χ1v) is 6.97. The van der Waals surface area contributed by atoms with E-state index in [4.69, 9.17) is 10.6 Å². The first kappa shape index (κ1) is 15.0. The van der Waals surface area contributed by atoms with Crippen LogP contribution in [0.3, 0.4) is 0 Å². The fourth-order valence-corrected chi connectivity index (χ4v) is 2.43. The van der Waals surface area contributed by atoms with Crippen LogP contribution in [0.25, 0.3) is 0 Å². The lowest BCUT2D eigenvalue weighted by molar-refractivity contribution is 0.414. The molecular formula is C15H16BrFN2O. The summed E-state index contributed by atoms with van der Waals surface area (Å²) in [4.78, 5) is 0. The first-order chi connectivity index (χ1) is 9.63. The van der Waals surface area contributed by atoms with Crippen LogP contribution in [0.5, 0.6) is 5.75 Å². The van der Waals surface area contributed by atoms with Gasteiger partial charge in [0.25, 0.3) is 0 Å². The molecule has 3 nitrogen and oxygen atoms in total. The summed E-state index contributed by atoms with van der Waals surface area (Å²) in [7, 11) is 1.63. The van der Waals surface area contributed by atoms with Crippen LogP contribution in [0.4, 0.5) is 4.39 Å². The number of nitrogens with one attached hydrogen (secondary N) is 1. The summed E-state index contributed by atoms with van der Waals surface area (Å²) in [6, 6.07) is 12.6. The summed E-state index contributed by atoms with van der Waals surface area (Å²) < 4.78 is 18.9. The third-order valence-corrected chi connectivity index (χ3v) is 3.73. The minimum Gasteiger partial charge on any atom is -0.497 e. The van der Waals surface area contributed by atoms with Crippen molar-refractivity contribution in [1.29, 1.82) is 0 Å². The molecule has 0 aliphatic carbocycles. The number of methoxy groups -OCH3 is 1. The Labute approximate surface area is 126 Å². The van der Waals surface area contributed by atoms with Crippen LogP contribution in [-0.2, 0) is 6.42 Å². The van der Waals surface area contributed by atoms with Gasteiger partial charge in [0, 0.05) is 0 Å². The highest BCUT2D eigenvalue weighted by molar-refractivity contribution is 9.10. The van der Waals surface area contributed by atoms with E-state index in [0.29, 0.717) is 10.9 Å². The molecule has 0 heterocycles. The number of hydrogen-bond acceptors (Lipinski definition) is 3. The van der Waals surface area contributed by atoms with Crippen molar-refractivity contribution in [3.63, 3.8) is 0 Å². The topological polar surface area (TPSA) is 47.3 Å². The Balaban J connectivity index is 2.21. The third kappa shape index (κ3) is 3.56. The lowest BCUT2D eigenvalue weighted by Gasteiger charge is -2.17. The number of nitrogens with two attached hydrogens (primary N) is 1. The van der Waals surface area contributed by atoms with E-state index in [0.717, 1.165) is 16.9 Å². The summed E-state index contributed by atoms with van der Waals surface area (Å²) in [5.74, 6) is 6.14. The quantitative estimate of drug-likeness (QED) is 0.649. The number of rotatable bonds is 5. The van der Waals surface area contributed by atoms with Crippen molar-refractivity contribution < 1.29 is 9.13 Å². The van der Waals surface area contributed by atoms with Crippen molar-refractivity contribution in [2.24, 2.45) is 5.84 Å². The molecule has 0 fully saturated rings. The number of ether oxygens (including phenoxy) is 1. The van der Waals surface area contributed by atoms with Crippen molar-refractivity contribution in [3.05, 3.63) is 63.9 Å². The largest absolute Gasteiger partial charge is 0.497 e. The van der Waals surface area contributed by atoms with Gasteiger partial charge in [-0.2, -0.15) is 0 Å². The Morgan fingerprint density at radius 1 is 1.30 bits per heavy atom. The smallest absolute Gasteiger partial charge is 0.137 e. The van der Waals surface area contributed by atoms with Crippen LogP contribution >= 0.6 is 15.9 Å². The Kier molecular flexibility index (Phi) is 5.11. The molecule has 0 radical (unpaired) electrons. The summed E-state index contributed by atoms with van der Waals surface area (Å²) in [6.07, 6.45) is 0.686. The van der Waals surface area contributed by atoms with Gasteiger partial charge in [-0.3, -0.25) is 11.3 Å². The van der Waals surface area contributed by atoms with Gasteiger partial charge in [-0.1, -0.05) is 18.2 Å². The van der Waals surface area contributed by atoms with E-state index in [2.05, 4.69) is 21.4 Å². The normalized spacial score (nSPS) is 12.2. The molecule has 0 aliphatic rings. The molecule has 2 aromatic rings. The molecule has 0 saturated heterocycles. The lowest BCUT2D eigenvalue weighted by Crippen LogP contribution is -2.29. The maximum Gasteiger partial charge on any atom is 0.137 e. The molecule has 0 spiro atoms. The predicted molar refractivity (Wildman–Crippen MR) is 80.9 cm³/mol. The number of hydrogen-bond donors (Lipinski definition) is 2. The van der Waals surface area contributed by atoms with Gasteiger partial charge in [0.2, 0.25) is 0 Å². The Morgan fingerprint density at radius 3 is 2.75 bits per heavy atom. The molecule has 2 rings (SSSR count). The monoisotopic (exact) mass is 338 g/mol. The van der Waals surface area contributed by atoms with E-state index >= 15 is 0 Å². The number of benzene rings is 2. The van der Waals surface area contributed by atoms with Crippen LogP contribution < -0.4 is 16.0 Å². The van der Waals surface area contributed by atoms with Crippen LogP contribution in [0.2, 0.25) is 0 Å². The Hall–Kier alpha value is -1.43. The van der Waals surface area contributed by atoms with Gasteiger partial charge in [0.15, 0.2) is 0 Å². The van der Waals surface area contributed by atoms with Gasteiger partial charge < -0.3 is 4.74 Å². The van der Waals surface area contributed by atoms with Crippen molar-refractivity contribution in [3.8, 4) is 5.75 Å². The number of hydrazine groups is 1. The zero-order valence-corrected chi connectivity index (χ0v) is 12.7. The highest BCUT2D eigenvalue weighted by Gasteiger charge is 2.12. The van der Waals surface area contributed by atoms with Crippen molar-refractivity contribution >= 4 is 15.9 Å². The molecular weight excluding hydrogens is 323 g/mol. The molecule has 0 aliphatic heterocycles. The van der Waals surface area contributed by atoms with Gasteiger partial charge in [-0.15, -0.1) is 0 Å². The van der Waals surface area contributed by atoms with E-state index < -0.39 is 0 Å². The molecule has 3 N–H and O–H groups in total. The molecule has 0 amide bonds. The highest BCUT2D eigenvalue weighted by atomic mass is 79.9. The van der Waals surface area contributed by atoms with Gasteiger partial charge in [-0.25, -0.2) is 4.39 Å². The molecule has 0 bridgehead atoms. The summed E-state index contributed by atoms with van der Waals surface area (Å²) >= 11 is 3.19. The van der Waals surface area contributed by atoms with Crippen molar-refractivity contribution in [2.75, 3.05) is 7.11 Å². The van der Waals surface area contributed by atoms with Crippen LogP contribution in [0.15, 0.2) is 46.9 Å². The average molecular weight is 339 g/mol. The molecule has 5 heteroatoms. The molecule has 106 valence electrons. The van der Waals surface area contributed by atoms with E-state index in [1.54, 1.807) is 19.2 Å². The summed E-state index contributed by atoms with van der Waals surface area (Å²) in [6.45, 7) is 0. The Bertz CT molecular complexity index is 592. The van der Waals surface area contributed by atoms with Crippen LogP contribution in [-0.4, -0.2) is 7.11 Å². The van der Waals surface area contributed by atoms with Crippen molar-refractivity contribution in [2.45, 2.75) is 12.5 Å². The predicted octanol–water partition coefficient (Wildman–Crippen LogP) is 3.34. The second kappa shape index (κ2) is 6.83. The molecule has 20 heavy (non-hydrogen) atoms. The van der Waals surface area contributed by atoms with E-state index in [9.17, 15) is 4.39 Å². The minimum atomic E-state index is -0.286. The van der Waals surface area contributed by atoms with Crippen molar-refractivity contribution in [1.82, 2.24) is 5.43 Å². The fraction of sp³-hybridized carbons (Fsp3) is 0.200. The highest BCUT2D eigenvalue weighted by Crippen LogP contribution is 2.24. The number of halogens is 2. The van der Waals surface area contributed by atoms with Gasteiger partial charge in [0.1, 0.15) is 11.6 Å². The van der Waals surface area contributed by atoms with E-state index in [1.165, 1.54) is 6.07 Å². The Morgan fingerprint density at radius 2 is 2.10 bits per heavy atom. The molecule has 2 aromatic carbocycles. The third-order valence-electron chi connectivity index (χ3n) is 3.12. The standard InChI is InChI=1S/C15H16BrFN2O/c1-20-12-4-2-3-10(7-12)8-15(19-18)11-5-6-14(17)13(16)9-11/h2-7,9,15,19H,8,18H2,1H3. The van der Waals surface area contributed by atoms with Gasteiger partial charge in [-0.05, 0) is 57.7 Å². The first-order valence-electron chi connectivity index (χ1n) is 6.18. The average Bonchev–Trinajstić information content (AvgIpc) is 2.48. The van der Waals surface area contributed by atoms with Gasteiger partial charge >= 0.3 is 0 Å². The lowest BCUT2D eigenvalue weighted by atomic mass is 9.99. The second-order valence-corrected chi connectivity index (χ2v) is 5.30. The fourth-order valence-electron chi connectivity index (χ4n) is 2.04. The zero-order chi connectivity index (χ0) is 14.5. The SMILES string of the molecule is COc1cccc(CC(NN)c2ccc(F)c(Br)c2)c1. The maximum atomic E-state index is 13.3. The second-order valence-electron chi connectivity index (χ2n) is 4.45. The molecule has 1 unspecified atom stereocenters. The molecule has 1 atom stereocenters. The molecule has 0 aromatic heterocycles. The van der Waals surface area contributed by atoms with Crippen LogP contribution in [0, 0.1) is 5.82 Å². The summed E-state index contributed by atoms with van der Waals surface area (Å²) in [5, 5.41) is 0.